The summed E-state index contributed by atoms with van der Waals surface area (Å²) in [6.45, 7) is 10.3. The van der Waals surface area contributed by atoms with Crippen molar-refractivity contribution in [2.75, 3.05) is 38.6 Å². The summed E-state index contributed by atoms with van der Waals surface area (Å²) >= 11 is 0. The van der Waals surface area contributed by atoms with Gasteiger partial charge in [-0.3, -0.25) is 4.99 Å². The van der Waals surface area contributed by atoms with Crippen molar-refractivity contribution in [1.82, 2.24) is 15.5 Å². The Morgan fingerprint density at radius 3 is 2.60 bits per heavy atom. The maximum atomic E-state index is 12.3. The van der Waals surface area contributed by atoms with E-state index in [0.29, 0.717) is 12.5 Å². The normalized spacial score (nSPS) is 15.0. The second-order valence-electron chi connectivity index (χ2n) is 7.70. The zero-order valence-electron chi connectivity index (χ0n) is 18.7. The summed E-state index contributed by atoms with van der Waals surface area (Å²) in [4.78, 5) is 18.4. The highest BCUT2D eigenvalue weighted by Crippen LogP contribution is 2.14. The third kappa shape index (κ3) is 9.07. The van der Waals surface area contributed by atoms with Crippen LogP contribution < -0.4 is 16.0 Å². The van der Waals surface area contributed by atoms with Crippen LogP contribution in [0.3, 0.4) is 0 Å². The van der Waals surface area contributed by atoms with Crippen LogP contribution in [0.4, 0.5) is 10.5 Å². The Morgan fingerprint density at radius 1 is 1.23 bits per heavy atom. The van der Waals surface area contributed by atoms with Crippen molar-refractivity contribution in [2.45, 2.75) is 52.7 Å². The predicted octanol–water partition coefficient (Wildman–Crippen LogP) is 4.05. The van der Waals surface area contributed by atoms with Gasteiger partial charge in [0.05, 0.1) is 6.10 Å². The third-order valence-electron chi connectivity index (χ3n) is 5.10. The summed E-state index contributed by atoms with van der Waals surface area (Å²) in [7, 11) is 1.77. The van der Waals surface area contributed by atoms with Crippen LogP contribution in [-0.4, -0.2) is 56.3 Å². The number of halogens is 1. The highest BCUT2D eigenvalue weighted by atomic mass is 127. The number of carbonyl (C=O) groups is 1. The van der Waals surface area contributed by atoms with Gasteiger partial charge in [-0.1, -0.05) is 26.0 Å². The lowest BCUT2D eigenvalue weighted by atomic mass is 10.0. The standard InChI is InChI=1S/C22H37N5O2.HI/c1-5-29-20(17(2)3)11-12-24-21(23-4)25-16-18-9-8-10-19(15-18)26-22(28)27-13-6-7-14-27;/h8-10,15,17,20H,5-7,11-14,16H2,1-4H3,(H,26,28)(H2,23,24,25);1H. The topological polar surface area (TPSA) is 78.0 Å². The van der Waals surface area contributed by atoms with Crippen molar-refractivity contribution in [3.05, 3.63) is 29.8 Å². The molecule has 30 heavy (non-hydrogen) atoms. The van der Waals surface area contributed by atoms with Crippen molar-refractivity contribution >= 4 is 41.7 Å². The molecule has 170 valence electrons. The van der Waals surface area contributed by atoms with E-state index in [-0.39, 0.29) is 36.1 Å². The number of hydrogen-bond donors (Lipinski definition) is 3. The zero-order chi connectivity index (χ0) is 21.1. The van der Waals surface area contributed by atoms with E-state index in [9.17, 15) is 4.79 Å². The van der Waals surface area contributed by atoms with Gasteiger partial charge >= 0.3 is 6.03 Å². The Hall–Kier alpha value is -1.55. The van der Waals surface area contributed by atoms with Crippen molar-refractivity contribution < 1.29 is 9.53 Å². The quantitative estimate of drug-likeness (QED) is 0.255. The minimum atomic E-state index is -0.0147. The summed E-state index contributed by atoms with van der Waals surface area (Å²) < 4.78 is 5.79. The van der Waals surface area contributed by atoms with E-state index in [1.165, 1.54) is 0 Å². The fourth-order valence-electron chi connectivity index (χ4n) is 3.44. The average Bonchev–Trinajstić information content (AvgIpc) is 3.25. The number of carbonyl (C=O) groups excluding carboxylic acids is 1. The molecule has 0 aliphatic carbocycles. The molecule has 7 nitrogen and oxygen atoms in total. The van der Waals surface area contributed by atoms with Crippen LogP contribution in [0.1, 0.15) is 45.6 Å². The Bertz CT molecular complexity index is 663. The van der Waals surface area contributed by atoms with Crippen LogP contribution >= 0.6 is 24.0 Å². The summed E-state index contributed by atoms with van der Waals surface area (Å²) in [5.41, 5.74) is 1.90. The molecule has 1 aromatic rings. The first-order chi connectivity index (χ1) is 14.0. The molecule has 1 aromatic carbocycles. The molecule has 1 aliphatic heterocycles. The van der Waals surface area contributed by atoms with Gasteiger partial charge in [-0.05, 0) is 49.8 Å². The first kappa shape index (κ1) is 26.5. The largest absolute Gasteiger partial charge is 0.378 e. The number of nitrogens with one attached hydrogen (secondary N) is 3. The highest BCUT2D eigenvalue weighted by molar-refractivity contribution is 14.0. The lowest BCUT2D eigenvalue weighted by molar-refractivity contribution is 0.0258. The number of rotatable bonds is 9. The fourth-order valence-corrected chi connectivity index (χ4v) is 3.44. The minimum absolute atomic E-state index is 0. The molecule has 8 heteroatoms. The van der Waals surface area contributed by atoms with Crippen LogP contribution in [0.25, 0.3) is 0 Å². The van der Waals surface area contributed by atoms with Crippen molar-refractivity contribution in [2.24, 2.45) is 10.9 Å². The SMILES string of the molecule is CCOC(CCNC(=NC)NCc1cccc(NC(=O)N2CCCC2)c1)C(C)C.I. The lowest BCUT2D eigenvalue weighted by Crippen LogP contribution is -2.39. The van der Waals surface area contributed by atoms with E-state index >= 15 is 0 Å². The number of guanidine groups is 1. The van der Waals surface area contributed by atoms with Gasteiger partial charge in [0.15, 0.2) is 5.96 Å². The number of amides is 2. The average molecular weight is 531 g/mol. The number of benzene rings is 1. The molecule has 1 saturated heterocycles. The summed E-state index contributed by atoms with van der Waals surface area (Å²) in [6.07, 6.45) is 3.36. The molecular formula is C22H38IN5O2. The van der Waals surface area contributed by atoms with Gasteiger partial charge in [0, 0.05) is 45.5 Å². The smallest absolute Gasteiger partial charge is 0.321 e. The highest BCUT2D eigenvalue weighted by Gasteiger charge is 2.17. The molecule has 0 bridgehead atoms. The van der Waals surface area contributed by atoms with Crippen molar-refractivity contribution in [3.63, 3.8) is 0 Å². The summed E-state index contributed by atoms with van der Waals surface area (Å²) in [5, 5.41) is 9.68. The maximum absolute atomic E-state index is 12.3. The molecule has 1 unspecified atom stereocenters. The number of nitrogens with zero attached hydrogens (tertiary/aromatic N) is 2. The third-order valence-corrected chi connectivity index (χ3v) is 5.10. The van der Waals surface area contributed by atoms with Gasteiger partial charge in [0.1, 0.15) is 0 Å². The van der Waals surface area contributed by atoms with Crippen LogP contribution in [0.5, 0.6) is 0 Å². The van der Waals surface area contributed by atoms with Crippen LogP contribution in [-0.2, 0) is 11.3 Å². The number of ether oxygens (including phenoxy) is 1. The number of hydrogen-bond acceptors (Lipinski definition) is 3. The Balaban J connectivity index is 0.00000450. The van der Waals surface area contributed by atoms with E-state index in [1.54, 1.807) is 7.05 Å². The number of urea groups is 1. The summed E-state index contributed by atoms with van der Waals surface area (Å²) in [5.74, 6) is 1.25. The van der Waals surface area contributed by atoms with E-state index in [2.05, 4.69) is 34.8 Å². The number of anilines is 1. The molecule has 2 amide bonds. The zero-order valence-corrected chi connectivity index (χ0v) is 21.1. The molecular weight excluding hydrogens is 493 g/mol. The molecule has 2 rings (SSSR count). The van der Waals surface area contributed by atoms with Crippen LogP contribution in [0.2, 0.25) is 0 Å². The van der Waals surface area contributed by atoms with Gasteiger partial charge in [0.25, 0.3) is 0 Å². The van der Waals surface area contributed by atoms with Gasteiger partial charge in [-0.2, -0.15) is 0 Å². The second kappa shape index (κ2) is 14.5. The van der Waals surface area contributed by atoms with E-state index in [1.807, 2.05) is 36.1 Å². The summed E-state index contributed by atoms with van der Waals surface area (Å²) in [6, 6.07) is 7.90. The van der Waals surface area contributed by atoms with E-state index < -0.39 is 0 Å². The molecule has 1 atom stereocenters. The van der Waals surface area contributed by atoms with Crippen LogP contribution in [0.15, 0.2) is 29.3 Å². The molecule has 0 aromatic heterocycles. The first-order valence-corrected chi connectivity index (χ1v) is 10.7. The molecule has 0 spiro atoms. The minimum Gasteiger partial charge on any atom is -0.378 e. The molecule has 3 N–H and O–H groups in total. The van der Waals surface area contributed by atoms with E-state index in [4.69, 9.17) is 4.74 Å². The Kier molecular flexibility index (Phi) is 12.8. The predicted molar refractivity (Wildman–Crippen MR) is 135 cm³/mol. The van der Waals surface area contributed by atoms with Crippen molar-refractivity contribution in [3.8, 4) is 0 Å². The van der Waals surface area contributed by atoms with Crippen LogP contribution in [0, 0.1) is 5.92 Å². The lowest BCUT2D eigenvalue weighted by Gasteiger charge is -2.21. The molecule has 1 aliphatic rings. The fraction of sp³-hybridized carbons (Fsp3) is 0.636. The monoisotopic (exact) mass is 531 g/mol. The molecule has 1 heterocycles. The van der Waals surface area contributed by atoms with Gasteiger partial charge < -0.3 is 25.6 Å². The molecule has 1 fully saturated rings. The van der Waals surface area contributed by atoms with Gasteiger partial charge in [-0.15, -0.1) is 24.0 Å². The Labute approximate surface area is 198 Å². The number of likely N-dealkylation sites (tertiary alicyclic amines) is 1. The second-order valence-corrected chi connectivity index (χ2v) is 7.70. The van der Waals surface area contributed by atoms with Gasteiger partial charge in [-0.25, -0.2) is 4.79 Å². The molecule has 0 radical (unpaired) electrons. The van der Waals surface area contributed by atoms with Crippen molar-refractivity contribution in [1.29, 1.82) is 0 Å². The number of aliphatic imine (C=N–C) groups is 1. The maximum Gasteiger partial charge on any atom is 0.321 e. The first-order valence-electron chi connectivity index (χ1n) is 10.7. The Morgan fingerprint density at radius 2 is 1.97 bits per heavy atom. The van der Waals surface area contributed by atoms with E-state index in [0.717, 1.165) is 62.7 Å². The van der Waals surface area contributed by atoms with Gasteiger partial charge in [0.2, 0.25) is 0 Å². The molecule has 0 saturated carbocycles.